The van der Waals surface area contributed by atoms with Crippen LogP contribution >= 0.6 is 0 Å². The number of sulfonamides is 1. The van der Waals surface area contributed by atoms with Gasteiger partial charge in [0.05, 0.1) is 12.8 Å². The van der Waals surface area contributed by atoms with Gasteiger partial charge in [0.2, 0.25) is 21.8 Å². The molecule has 1 unspecified atom stereocenters. The van der Waals surface area contributed by atoms with Crippen molar-refractivity contribution in [3.8, 4) is 0 Å². The minimum absolute atomic E-state index is 0.280. The molecule has 2 amide bonds. The lowest BCUT2D eigenvalue weighted by molar-refractivity contribution is -0.137. The summed E-state index contributed by atoms with van der Waals surface area (Å²) in [6, 6.07) is -0.808. The second-order valence-corrected chi connectivity index (χ2v) is 6.36. The molecule has 1 atom stereocenters. The van der Waals surface area contributed by atoms with Gasteiger partial charge in [-0.3, -0.25) is 14.4 Å². The quantitative estimate of drug-likeness (QED) is 0.506. The third-order valence-electron chi connectivity index (χ3n) is 2.79. The molecule has 0 aliphatic carbocycles. The molecule has 114 valence electrons. The number of carbonyl (C=O) groups is 3. The second-order valence-electron chi connectivity index (χ2n) is 4.42. The SMILES string of the molecule is CS(=O)(=O)N1CCCC1C(=O)NCC(=O)NCC(=O)O. The van der Waals surface area contributed by atoms with Gasteiger partial charge in [-0.25, -0.2) is 8.42 Å². The Balaban J connectivity index is 2.47. The molecule has 1 aliphatic heterocycles. The number of aliphatic carboxylic acids is 1. The molecule has 0 aromatic heterocycles. The van der Waals surface area contributed by atoms with Crippen molar-refractivity contribution in [1.82, 2.24) is 14.9 Å². The Kier molecular flexibility index (Phi) is 5.45. The Hall–Kier alpha value is -1.68. The standard InChI is InChI=1S/C10H17N3O6S/c1-20(18,19)13-4-2-3-7(13)10(17)12-5-8(14)11-6-9(15)16/h7H,2-6H2,1H3,(H,11,14)(H,12,17)(H,15,16). The van der Waals surface area contributed by atoms with Crippen LogP contribution in [0.5, 0.6) is 0 Å². The summed E-state index contributed by atoms with van der Waals surface area (Å²) < 4.78 is 24.0. The van der Waals surface area contributed by atoms with Gasteiger partial charge in [0.25, 0.3) is 0 Å². The number of carboxylic acids is 1. The third kappa shape index (κ3) is 4.78. The maximum absolute atomic E-state index is 11.8. The molecule has 0 saturated carbocycles. The Morgan fingerprint density at radius 2 is 1.90 bits per heavy atom. The van der Waals surface area contributed by atoms with Crippen LogP contribution < -0.4 is 10.6 Å². The van der Waals surface area contributed by atoms with Crippen molar-refractivity contribution in [1.29, 1.82) is 0 Å². The largest absolute Gasteiger partial charge is 0.480 e. The summed E-state index contributed by atoms with van der Waals surface area (Å²) >= 11 is 0. The minimum Gasteiger partial charge on any atom is -0.480 e. The lowest BCUT2D eigenvalue weighted by Crippen LogP contribution is -2.48. The number of carbonyl (C=O) groups excluding carboxylic acids is 2. The van der Waals surface area contributed by atoms with E-state index in [1.54, 1.807) is 0 Å². The van der Waals surface area contributed by atoms with E-state index in [-0.39, 0.29) is 13.1 Å². The average Bonchev–Trinajstić information content (AvgIpc) is 2.82. The zero-order valence-corrected chi connectivity index (χ0v) is 11.8. The molecule has 0 spiro atoms. The molecule has 1 heterocycles. The molecule has 1 fully saturated rings. The van der Waals surface area contributed by atoms with Crippen molar-refractivity contribution in [2.75, 3.05) is 25.9 Å². The molecule has 1 aliphatic rings. The van der Waals surface area contributed by atoms with Crippen molar-refractivity contribution < 1.29 is 27.9 Å². The second kappa shape index (κ2) is 6.66. The van der Waals surface area contributed by atoms with Crippen molar-refractivity contribution in [3.05, 3.63) is 0 Å². The van der Waals surface area contributed by atoms with Gasteiger partial charge in [0.1, 0.15) is 12.6 Å². The molecule has 9 nitrogen and oxygen atoms in total. The van der Waals surface area contributed by atoms with Gasteiger partial charge in [-0.15, -0.1) is 0 Å². The average molecular weight is 307 g/mol. The number of carboxylic acid groups (broad SMARTS) is 1. The highest BCUT2D eigenvalue weighted by Crippen LogP contribution is 2.20. The molecule has 1 saturated heterocycles. The number of nitrogens with one attached hydrogen (secondary N) is 2. The summed E-state index contributed by atoms with van der Waals surface area (Å²) in [6.07, 6.45) is 2.00. The topological polar surface area (TPSA) is 133 Å². The fourth-order valence-electron chi connectivity index (χ4n) is 1.92. The maximum Gasteiger partial charge on any atom is 0.322 e. The molecular formula is C10H17N3O6S. The van der Waals surface area contributed by atoms with E-state index in [0.717, 1.165) is 10.6 Å². The van der Waals surface area contributed by atoms with E-state index in [0.29, 0.717) is 12.8 Å². The van der Waals surface area contributed by atoms with E-state index in [1.165, 1.54) is 0 Å². The smallest absolute Gasteiger partial charge is 0.322 e. The van der Waals surface area contributed by atoms with Crippen LogP contribution in [0.4, 0.5) is 0 Å². The van der Waals surface area contributed by atoms with Crippen LogP contribution in [0, 0.1) is 0 Å². The fraction of sp³-hybridized carbons (Fsp3) is 0.700. The molecule has 10 heteroatoms. The van der Waals surface area contributed by atoms with E-state index < -0.39 is 40.4 Å². The van der Waals surface area contributed by atoms with Crippen LogP contribution in [-0.4, -0.2) is 67.5 Å². The molecule has 0 bridgehead atoms. The molecule has 0 radical (unpaired) electrons. The first kappa shape index (κ1) is 16.4. The van der Waals surface area contributed by atoms with Crippen molar-refractivity contribution in [2.24, 2.45) is 0 Å². The third-order valence-corrected chi connectivity index (χ3v) is 4.08. The molecule has 0 aromatic rings. The normalized spacial score (nSPS) is 19.6. The van der Waals surface area contributed by atoms with Crippen LogP contribution in [0.3, 0.4) is 0 Å². The van der Waals surface area contributed by atoms with E-state index in [2.05, 4.69) is 10.6 Å². The van der Waals surface area contributed by atoms with E-state index >= 15 is 0 Å². The Morgan fingerprint density at radius 1 is 1.25 bits per heavy atom. The summed E-state index contributed by atoms with van der Waals surface area (Å²) in [5.74, 6) is -2.40. The summed E-state index contributed by atoms with van der Waals surface area (Å²) in [4.78, 5) is 33.3. The number of amides is 2. The Bertz CT molecular complexity index is 503. The summed E-state index contributed by atoms with van der Waals surface area (Å²) in [7, 11) is -3.46. The van der Waals surface area contributed by atoms with E-state index in [9.17, 15) is 22.8 Å². The highest BCUT2D eigenvalue weighted by molar-refractivity contribution is 7.88. The van der Waals surface area contributed by atoms with Crippen LogP contribution in [-0.2, 0) is 24.4 Å². The number of hydrogen-bond acceptors (Lipinski definition) is 5. The summed E-state index contributed by atoms with van der Waals surface area (Å²) in [5.41, 5.74) is 0. The maximum atomic E-state index is 11.8. The van der Waals surface area contributed by atoms with Gasteiger partial charge in [0.15, 0.2) is 0 Å². The van der Waals surface area contributed by atoms with Gasteiger partial charge in [0, 0.05) is 6.54 Å². The van der Waals surface area contributed by atoms with Gasteiger partial charge in [-0.05, 0) is 12.8 Å². The molecule has 3 N–H and O–H groups in total. The first-order valence-corrected chi connectivity index (χ1v) is 7.79. The highest BCUT2D eigenvalue weighted by Gasteiger charge is 2.36. The fourth-order valence-corrected chi connectivity index (χ4v) is 3.05. The number of rotatable bonds is 6. The van der Waals surface area contributed by atoms with Crippen LogP contribution in [0.2, 0.25) is 0 Å². The number of hydrogen-bond donors (Lipinski definition) is 3. The van der Waals surface area contributed by atoms with Crippen molar-refractivity contribution >= 4 is 27.8 Å². The van der Waals surface area contributed by atoms with Crippen LogP contribution in [0.25, 0.3) is 0 Å². The van der Waals surface area contributed by atoms with Gasteiger partial charge in [-0.1, -0.05) is 0 Å². The zero-order valence-electron chi connectivity index (χ0n) is 11.0. The first-order chi connectivity index (χ1) is 9.21. The van der Waals surface area contributed by atoms with Crippen molar-refractivity contribution in [3.63, 3.8) is 0 Å². The summed E-state index contributed by atoms with van der Waals surface area (Å²) in [5, 5.41) is 12.7. The first-order valence-electron chi connectivity index (χ1n) is 5.95. The zero-order chi connectivity index (χ0) is 15.3. The predicted molar refractivity (Wildman–Crippen MR) is 68.2 cm³/mol. The van der Waals surface area contributed by atoms with Crippen LogP contribution in [0.1, 0.15) is 12.8 Å². The van der Waals surface area contributed by atoms with E-state index in [1.807, 2.05) is 0 Å². The minimum atomic E-state index is -3.46. The van der Waals surface area contributed by atoms with E-state index in [4.69, 9.17) is 5.11 Å². The van der Waals surface area contributed by atoms with Gasteiger partial charge in [-0.2, -0.15) is 4.31 Å². The summed E-state index contributed by atoms with van der Waals surface area (Å²) in [6.45, 7) is -0.643. The highest BCUT2D eigenvalue weighted by atomic mass is 32.2. The van der Waals surface area contributed by atoms with Gasteiger partial charge < -0.3 is 15.7 Å². The molecular weight excluding hydrogens is 290 g/mol. The number of nitrogens with zero attached hydrogens (tertiary/aromatic N) is 1. The Morgan fingerprint density at radius 3 is 2.45 bits per heavy atom. The molecule has 0 aromatic carbocycles. The van der Waals surface area contributed by atoms with Crippen LogP contribution in [0.15, 0.2) is 0 Å². The molecule has 20 heavy (non-hydrogen) atoms. The van der Waals surface area contributed by atoms with Gasteiger partial charge >= 0.3 is 5.97 Å². The van der Waals surface area contributed by atoms with Crippen molar-refractivity contribution in [2.45, 2.75) is 18.9 Å². The Labute approximate surface area is 116 Å². The predicted octanol–water partition coefficient (Wildman–Crippen LogP) is -2.27. The lowest BCUT2D eigenvalue weighted by Gasteiger charge is -2.21. The molecule has 1 rings (SSSR count). The lowest BCUT2D eigenvalue weighted by atomic mass is 10.2. The monoisotopic (exact) mass is 307 g/mol.